The molecule has 18 heteroatoms. The van der Waals surface area contributed by atoms with Crippen molar-refractivity contribution in [2.24, 2.45) is 0 Å². The highest BCUT2D eigenvalue weighted by molar-refractivity contribution is 5.84. The van der Waals surface area contributed by atoms with Gasteiger partial charge in [-0.1, -0.05) is 0 Å². The van der Waals surface area contributed by atoms with E-state index in [-0.39, 0.29) is 0 Å². The molecule has 0 aliphatic carbocycles. The van der Waals surface area contributed by atoms with Gasteiger partial charge in [-0.2, -0.15) is 0 Å². The molecule has 0 unspecified atom stereocenters. The molecule has 0 aromatic heterocycles. The number of aliphatic hydroxyl groups excluding tert-OH is 7. The molecule has 10 N–H and O–H groups in total. The average molecular weight is 555 g/mol. The standard InChI is InChI=1S/C20H29NO17/c1-4(23)21-8-13(37-20-9(25)5(24)2-6(34-20)16(29)30)10(26)7(3-22)35-19(8)38-14-11(27)12(28)18(33)36-15(14)17(31)32/h2,5,7-15,18-20,22,24-28,33H,3H2,1H3,(H,21,23)(H,29,30)(H,31,32)/t5-,7+,8+,9+,10-,11+,12+,13+,14-,15-,18+,19-,20-/m0/s1. The third kappa shape index (κ3) is 6.21. The zero-order valence-corrected chi connectivity index (χ0v) is 19.6. The van der Waals surface area contributed by atoms with Crippen LogP contribution in [0.1, 0.15) is 6.92 Å². The number of aliphatic carboxylic acids is 2. The van der Waals surface area contributed by atoms with Crippen LogP contribution in [0.25, 0.3) is 0 Å². The number of ether oxygens (including phenoxy) is 5. The smallest absolute Gasteiger partial charge is 0.371 e. The zero-order chi connectivity index (χ0) is 28.5. The van der Waals surface area contributed by atoms with Crippen LogP contribution in [-0.4, -0.2) is 150 Å². The first kappa shape index (κ1) is 30.1. The summed E-state index contributed by atoms with van der Waals surface area (Å²) in [6.07, 6.45) is -22.1. The molecule has 216 valence electrons. The van der Waals surface area contributed by atoms with Crippen molar-refractivity contribution in [1.29, 1.82) is 0 Å². The number of carboxylic acids is 2. The quantitative estimate of drug-likeness (QED) is 0.133. The number of carbonyl (C=O) groups excluding carboxylic acids is 1. The molecule has 0 aromatic carbocycles. The van der Waals surface area contributed by atoms with Gasteiger partial charge in [0.2, 0.25) is 18.0 Å². The van der Waals surface area contributed by atoms with E-state index in [1.807, 2.05) is 0 Å². The Bertz CT molecular complexity index is 914. The summed E-state index contributed by atoms with van der Waals surface area (Å²) in [5, 5.41) is 91.7. The van der Waals surface area contributed by atoms with Gasteiger partial charge in [0, 0.05) is 6.92 Å². The number of amides is 1. The number of rotatable bonds is 8. The number of aliphatic hydroxyl groups is 7. The Hall–Kier alpha value is -2.49. The van der Waals surface area contributed by atoms with Gasteiger partial charge in [-0.15, -0.1) is 0 Å². The lowest BCUT2D eigenvalue weighted by Gasteiger charge is -2.48. The monoisotopic (exact) mass is 555 g/mol. The molecule has 13 atom stereocenters. The summed E-state index contributed by atoms with van der Waals surface area (Å²) in [6.45, 7) is 0.121. The summed E-state index contributed by atoms with van der Waals surface area (Å²) in [5.41, 5.74) is 0. The maximum absolute atomic E-state index is 12.0. The van der Waals surface area contributed by atoms with Crippen molar-refractivity contribution >= 4 is 17.8 Å². The van der Waals surface area contributed by atoms with E-state index in [9.17, 15) is 60.3 Å². The van der Waals surface area contributed by atoms with Gasteiger partial charge in [-0.05, 0) is 6.08 Å². The van der Waals surface area contributed by atoms with Gasteiger partial charge in [0.25, 0.3) is 0 Å². The highest BCUT2D eigenvalue weighted by Gasteiger charge is 2.54. The summed E-state index contributed by atoms with van der Waals surface area (Å²) in [6, 6.07) is -1.62. The second kappa shape index (κ2) is 12.1. The fourth-order valence-electron chi connectivity index (χ4n) is 4.12. The van der Waals surface area contributed by atoms with Crippen molar-refractivity contribution in [3.63, 3.8) is 0 Å². The lowest BCUT2D eigenvalue weighted by molar-refractivity contribution is -0.347. The number of nitrogens with one attached hydrogen (secondary N) is 1. The first-order chi connectivity index (χ1) is 17.8. The van der Waals surface area contributed by atoms with Crippen molar-refractivity contribution < 1.29 is 84.0 Å². The van der Waals surface area contributed by atoms with E-state index in [0.29, 0.717) is 6.08 Å². The molecule has 2 saturated heterocycles. The fraction of sp³-hybridized carbons (Fsp3) is 0.750. The normalized spacial score (nSPS) is 43.5. The maximum Gasteiger partial charge on any atom is 0.371 e. The molecule has 0 bridgehead atoms. The third-order valence-electron chi connectivity index (χ3n) is 6.02. The molecule has 0 radical (unpaired) electrons. The first-order valence-electron chi connectivity index (χ1n) is 11.2. The third-order valence-corrected chi connectivity index (χ3v) is 6.02. The van der Waals surface area contributed by atoms with Crippen molar-refractivity contribution in [2.45, 2.75) is 86.8 Å². The van der Waals surface area contributed by atoms with Gasteiger partial charge in [-0.25, -0.2) is 9.59 Å². The van der Waals surface area contributed by atoms with Crippen molar-refractivity contribution in [2.75, 3.05) is 6.61 Å². The van der Waals surface area contributed by atoms with Crippen molar-refractivity contribution in [1.82, 2.24) is 5.32 Å². The minimum Gasteiger partial charge on any atom is -0.479 e. The number of carbonyl (C=O) groups is 3. The van der Waals surface area contributed by atoms with Gasteiger partial charge in [0.05, 0.1) is 6.61 Å². The van der Waals surface area contributed by atoms with Crippen LogP contribution >= 0.6 is 0 Å². The molecule has 0 saturated carbocycles. The van der Waals surface area contributed by atoms with E-state index in [1.165, 1.54) is 0 Å². The van der Waals surface area contributed by atoms with Crippen molar-refractivity contribution in [3.05, 3.63) is 11.8 Å². The van der Waals surface area contributed by atoms with Crippen molar-refractivity contribution in [3.8, 4) is 0 Å². The Labute approximate surface area is 213 Å². The summed E-state index contributed by atoms with van der Waals surface area (Å²) in [7, 11) is 0. The fourth-order valence-corrected chi connectivity index (χ4v) is 4.12. The first-order valence-corrected chi connectivity index (χ1v) is 11.2. The van der Waals surface area contributed by atoms with E-state index < -0.39 is 110 Å². The van der Waals surface area contributed by atoms with E-state index in [1.54, 1.807) is 0 Å². The Morgan fingerprint density at radius 3 is 2.08 bits per heavy atom. The predicted molar refractivity (Wildman–Crippen MR) is 112 cm³/mol. The zero-order valence-electron chi connectivity index (χ0n) is 19.6. The van der Waals surface area contributed by atoms with Crippen LogP contribution in [0, 0.1) is 0 Å². The molecular weight excluding hydrogens is 526 g/mol. The van der Waals surface area contributed by atoms with Crippen LogP contribution in [0.3, 0.4) is 0 Å². The van der Waals surface area contributed by atoms with Gasteiger partial charge in [0.15, 0.2) is 18.7 Å². The number of carboxylic acid groups (broad SMARTS) is 2. The molecule has 3 rings (SSSR count). The van der Waals surface area contributed by atoms with Crippen LogP contribution in [0.4, 0.5) is 0 Å². The molecule has 2 fully saturated rings. The maximum atomic E-state index is 12.0. The summed E-state index contributed by atoms with van der Waals surface area (Å²) in [4.78, 5) is 35.0. The van der Waals surface area contributed by atoms with Gasteiger partial charge in [-0.3, -0.25) is 4.79 Å². The number of hydrogen-bond donors (Lipinski definition) is 10. The Morgan fingerprint density at radius 1 is 0.895 bits per heavy atom. The number of hydrogen-bond acceptors (Lipinski definition) is 15. The summed E-state index contributed by atoms with van der Waals surface area (Å²) < 4.78 is 26.4. The summed E-state index contributed by atoms with van der Waals surface area (Å²) >= 11 is 0. The lowest BCUT2D eigenvalue weighted by Crippen LogP contribution is -2.69. The van der Waals surface area contributed by atoms with E-state index in [0.717, 1.165) is 6.92 Å². The van der Waals surface area contributed by atoms with Gasteiger partial charge < -0.3 is 75.0 Å². The van der Waals surface area contributed by atoms with Crippen LogP contribution in [-0.2, 0) is 38.1 Å². The molecule has 3 heterocycles. The van der Waals surface area contributed by atoms with Gasteiger partial charge >= 0.3 is 11.9 Å². The molecule has 3 aliphatic heterocycles. The Balaban J connectivity index is 1.94. The second-order valence-corrected chi connectivity index (χ2v) is 8.71. The predicted octanol–water partition coefficient (Wildman–Crippen LogP) is -6.09. The van der Waals surface area contributed by atoms with E-state index >= 15 is 0 Å². The minimum absolute atomic E-state index is 0.692. The highest BCUT2D eigenvalue weighted by Crippen LogP contribution is 2.32. The van der Waals surface area contributed by atoms with E-state index in [4.69, 9.17) is 23.7 Å². The molecular formula is C20H29NO17. The average Bonchev–Trinajstić information content (AvgIpc) is 2.84. The Kier molecular flexibility index (Phi) is 9.60. The summed E-state index contributed by atoms with van der Waals surface area (Å²) in [5.74, 6) is -4.94. The van der Waals surface area contributed by atoms with E-state index in [2.05, 4.69) is 5.32 Å². The Morgan fingerprint density at radius 2 is 1.53 bits per heavy atom. The highest BCUT2D eigenvalue weighted by atomic mass is 16.7. The molecule has 0 aromatic rings. The van der Waals surface area contributed by atoms with Crippen LogP contribution < -0.4 is 5.32 Å². The van der Waals surface area contributed by atoms with Crippen LogP contribution in [0.2, 0.25) is 0 Å². The largest absolute Gasteiger partial charge is 0.479 e. The van der Waals surface area contributed by atoms with Crippen LogP contribution in [0.15, 0.2) is 11.8 Å². The van der Waals surface area contributed by atoms with Crippen LogP contribution in [0.5, 0.6) is 0 Å². The molecule has 18 nitrogen and oxygen atoms in total. The second-order valence-electron chi connectivity index (χ2n) is 8.71. The lowest BCUT2D eigenvalue weighted by atomic mass is 9.95. The molecule has 3 aliphatic rings. The minimum atomic E-state index is -2.10. The SMILES string of the molecule is CC(=O)N[C@H]1[C@H](O[C@H]2[C@H](O)[C@@H](O)[C@H](O)O[C@@H]2C(=O)O)O[C@H](CO)[C@H](O)[C@@H]1O[C@@H]1OC(C(=O)O)=C[C@H](O)[C@H]1O. The topological polar surface area (TPSA) is 291 Å². The molecule has 38 heavy (non-hydrogen) atoms. The van der Waals surface area contributed by atoms with Gasteiger partial charge in [0.1, 0.15) is 54.9 Å². The molecule has 0 spiro atoms. The molecule has 1 amide bonds.